The molecule has 1 aromatic heterocycles. The van der Waals surface area contributed by atoms with Crippen LogP contribution < -0.4 is 10.9 Å². The molecule has 0 saturated heterocycles. The highest BCUT2D eigenvalue weighted by molar-refractivity contribution is 14.1. The van der Waals surface area contributed by atoms with Crippen molar-refractivity contribution in [3.8, 4) is 0 Å². The summed E-state index contributed by atoms with van der Waals surface area (Å²) in [7, 11) is 0. The van der Waals surface area contributed by atoms with Crippen molar-refractivity contribution in [3.05, 3.63) is 68.1 Å². The summed E-state index contributed by atoms with van der Waals surface area (Å²) in [5.41, 5.74) is 0.814. The van der Waals surface area contributed by atoms with Crippen LogP contribution in [0, 0.1) is 3.57 Å². The molecule has 0 spiro atoms. The second-order valence-electron chi connectivity index (χ2n) is 5.74. The Hall–Kier alpha value is -2.22. The summed E-state index contributed by atoms with van der Waals surface area (Å²) < 4.78 is 2.43. The number of benzene rings is 2. The Morgan fingerprint density at radius 1 is 1.16 bits per heavy atom. The van der Waals surface area contributed by atoms with Crippen molar-refractivity contribution in [1.82, 2.24) is 9.78 Å². The van der Waals surface area contributed by atoms with E-state index in [2.05, 4.69) is 39.9 Å². The number of rotatable bonds is 5. The normalized spacial score (nSPS) is 10.8. The molecule has 0 aliphatic heterocycles. The number of nitrogens with one attached hydrogen (secondary N) is 1. The first kappa shape index (κ1) is 17.6. The highest BCUT2D eigenvalue weighted by Gasteiger charge is 2.16. The summed E-state index contributed by atoms with van der Waals surface area (Å²) in [6.45, 7) is 2.56. The lowest BCUT2D eigenvalue weighted by Gasteiger charge is -2.11. The molecule has 1 N–H and O–H groups in total. The third-order valence-corrected chi connectivity index (χ3v) is 4.56. The fourth-order valence-electron chi connectivity index (χ4n) is 2.62. The molecule has 25 heavy (non-hydrogen) atoms. The van der Waals surface area contributed by atoms with E-state index in [0.29, 0.717) is 23.0 Å². The minimum absolute atomic E-state index is 0.158. The van der Waals surface area contributed by atoms with Crippen LogP contribution in [0.2, 0.25) is 0 Å². The molecular weight excluding hydrogens is 429 g/mol. The van der Waals surface area contributed by atoms with Gasteiger partial charge >= 0.3 is 0 Å². The fourth-order valence-corrected chi connectivity index (χ4v) is 3.16. The lowest BCUT2D eigenvalue weighted by molar-refractivity contribution is 0.102. The van der Waals surface area contributed by atoms with E-state index in [1.165, 1.54) is 4.68 Å². The van der Waals surface area contributed by atoms with Crippen LogP contribution in [0.5, 0.6) is 0 Å². The molecule has 3 rings (SSSR count). The van der Waals surface area contributed by atoms with E-state index in [1.54, 1.807) is 18.2 Å². The predicted octanol–water partition coefficient (Wildman–Crippen LogP) is 4.05. The van der Waals surface area contributed by atoms with Crippen molar-refractivity contribution < 1.29 is 4.79 Å². The van der Waals surface area contributed by atoms with Crippen molar-refractivity contribution in [2.24, 2.45) is 0 Å². The van der Waals surface area contributed by atoms with Crippen molar-refractivity contribution in [2.75, 3.05) is 5.32 Å². The molecule has 0 unspecified atom stereocenters. The Balaban J connectivity index is 2.06. The van der Waals surface area contributed by atoms with E-state index in [9.17, 15) is 9.59 Å². The number of aromatic nitrogens is 2. The highest BCUT2D eigenvalue weighted by Crippen LogP contribution is 2.17. The third-order valence-electron chi connectivity index (χ3n) is 3.89. The van der Waals surface area contributed by atoms with Crippen LogP contribution in [-0.4, -0.2) is 15.7 Å². The van der Waals surface area contributed by atoms with Gasteiger partial charge in [0.2, 0.25) is 0 Å². The number of hydrogen-bond acceptors (Lipinski definition) is 3. The molecule has 6 heteroatoms. The van der Waals surface area contributed by atoms with Gasteiger partial charge < -0.3 is 5.32 Å². The average Bonchev–Trinajstić information content (AvgIpc) is 2.61. The predicted molar refractivity (Wildman–Crippen MR) is 108 cm³/mol. The maximum Gasteiger partial charge on any atom is 0.276 e. The molecule has 0 bridgehead atoms. The molecule has 0 fully saturated rings. The van der Waals surface area contributed by atoms with Crippen LogP contribution in [-0.2, 0) is 6.54 Å². The molecular formula is C19H18IN3O2. The van der Waals surface area contributed by atoms with Crippen LogP contribution >= 0.6 is 22.6 Å². The summed E-state index contributed by atoms with van der Waals surface area (Å²) in [4.78, 5) is 25.4. The van der Waals surface area contributed by atoms with Crippen LogP contribution in [0.15, 0.2) is 53.3 Å². The van der Waals surface area contributed by atoms with E-state index < -0.39 is 0 Å². The van der Waals surface area contributed by atoms with Crippen LogP contribution in [0.4, 0.5) is 5.69 Å². The first-order valence-corrected chi connectivity index (χ1v) is 9.25. The molecule has 0 radical (unpaired) electrons. The van der Waals surface area contributed by atoms with E-state index in [1.807, 2.05) is 30.3 Å². The largest absolute Gasteiger partial charge is 0.321 e. The minimum atomic E-state index is -0.316. The number of hydrogen-bond donors (Lipinski definition) is 1. The Bertz CT molecular complexity index is 982. The summed E-state index contributed by atoms with van der Waals surface area (Å²) in [5, 5.41) is 8.31. The molecule has 0 saturated carbocycles. The third kappa shape index (κ3) is 3.89. The molecule has 3 aromatic rings. The molecule has 1 heterocycles. The number of aryl methyl sites for hydroxylation is 1. The number of unbranched alkanes of at least 4 members (excludes halogenated alkanes) is 1. The number of amides is 1. The summed E-state index contributed by atoms with van der Waals surface area (Å²) in [6, 6.07) is 14.7. The Morgan fingerprint density at radius 2 is 1.92 bits per heavy atom. The van der Waals surface area contributed by atoms with Gasteiger partial charge in [-0.2, -0.15) is 5.10 Å². The number of nitrogens with zero attached hydrogens (tertiary/aromatic N) is 2. The number of anilines is 1. The minimum Gasteiger partial charge on any atom is -0.321 e. The first-order valence-electron chi connectivity index (χ1n) is 8.17. The van der Waals surface area contributed by atoms with Crippen molar-refractivity contribution in [2.45, 2.75) is 26.3 Å². The maximum absolute atomic E-state index is 12.8. The van der Waals surface area contributed by atoms with Gasteiger partial charge in [0.25, 0.3) is 11.5 Å². The maximum atomic E-state index is 12.8. The van der Waals surface area contributed by atoms with Gasteiger partial charge in [0.1, 0.15) is 0 Å². The van der Waals surface area contributed by atoms with Gasteiger partial charge in [0.05, 0.1) is 5.39 Å². The zero-order valence-corrected chi connectivity index (χ0v) is 16.0. The lowest BCUT2D eigenvalue weighted by atomic mass is 10.1. The van der Waals surface area contributed by atoms with E-state index >= 15 is 0 Å². The SMILES string of the molecule is CCCCn1nc(C(=O)Nc2cccc(I)c2)c2ccccc2c1=O. The fraction of sp³-hybridized carbons (Fsp3) is 0.211. The zero-order chi connectivity index (χ0) is 17.8. The molecule has 0 atom stereocenters. The van der Waals surface area contributed by atoms with Crippen molar-refractivity contribution in [3.63, 3.8) is 0 Å². The molecule has 2 aromatic carbocycles. The van der Waals surface area contributed by atoms with E-state index in [4.69, 9.17) is 0 Å². The van der Waals surface area contributed by atoms with Gasteiger partial charge in [-0.05, 0) is 53.3 Å². The number of halogens is 1. The second-order valence-corrected chi connectivity index (χ2v) is 6.99. The number of carbonyl (C=O) groups is 1. The van der Waals surface area contributed by atoms with Crippen LogP contribution in [0.1, 0.15) is 30.3 Å². The summed E-state index contributed by atoms with van der Waals surface area (Å²) >= 11 is 2.19. The first-order chi connectivity index (χ1) is 12.1. The van der Waals surface area contributed by atoms with Gasteiger partial charge in [-0.25, -0.2) is 4.68 Å². The zero-order valence-electron chi connectivity index (χ0n) is 13.8. The smallest absolute Gasteiger partial charge is 0.276 e. The Kier molecular flexibility index (Phi) is 5.47. The molecule has 1 amide bonds. The van der Waals surface area contributed by atoms with Gasteiger partial charge in [-0.1, -0.05) is 37.6 Å². The molecule has 128 valence electrons. The lowest BCUT2D eigenvalue weighted by Crippen LogP contribution is -2.27. The Labute approximate surface area is 159 Å². The highest BCUT2D eigenvalue weighted by atomic mass is 127. The Morgan fingerprint density at radius 3 is 2.64 bits per heavy atom. The van der Waals surface area contributed by atoms with E-state index in [-0.39, 0.29) is 17.2 Å². The van der Waals surface area contributed by atoms with Crippen LogP contribution in [0.25, 0.3) is 10.8 Å². The topological polar surface area (TPSA) is 64.0 Å². The summed E-state index contributed by atoms with van der Waals surface area (Å²) in [6.07, 6.45) is 1.79. The molecule has 0 aliphatic rings. The number of fused-ring (bicyclic) bond motifs is 1. The van der Waals surface area contributed by atoms with E-state index in [0.717, 1.165) is 16.4 Å². The van der Waals surface area contributed by atoms with Crippen molar-refractivity contribution >= 4 is 45.0 Å². The monoisotopic (exact) mass is 447 g/mol. The van der Waals surface area contributed by atoms with Gasteiger partial charge in [-0.15, -0.1) is 0 Å². The standard InChI is InChI=1S/C19H18IN3O2/c1-2-3-11-23-19(25)16-10-5-4-9-15(16)17(22-23)18(24)21-14-8-6-7-13(20)12-14/h4-10,12H,2-3,11H2,1H3,(H,21,24). The van der Waals surface area contributed by atoms with Crippen molar-refractivity contribution in [1.29, 1.82) is 0 Å². The van der Waals surface area contributed by atoms with Gasteiger partial charge in [0, 0.05) is 21.2 Å². The van der Waals surface area contributed by atoms with Gasteiger partial charge in [0.15, 0.2) is 5.69 Å². The average molecular weight is 447 g/mol. The second kappa shape index (κ2) is 7.77. The summed E-state index contributed by atoms with van der Waals surface area (Å²) in [5.74, 6) is -0.316. The quantitative estimate of drug-likeness (QED) is 0.601. The molecule has 5 nitrogen and oxygen atoms in total. The molecule has 0 aliphatic carbocycles. The number of carbonyl (C=O) groups excluding carboxylic acids is 1. The van der Waals surface area contributed by atoms with Gasteiger partial charge in [-0.3, -0.25) is 9.59 Å². The van der Waals surface area contributed by atoms with Crippen LogP contribution in [0.3, 0.4) is 0 Å².